The predicted molar refractivity (Wildman–Crippen MR) is 111 cm³/mol. The maximum Gasteiger partial charge on any atom is 0.350 e. The van der Waals surface area contributed by atoms with Crippen molar-refractivity contribution in [3.63, 3.8) is 0 Å². The molecule has 2 aliphatic rings. The third-order valence-corrected chi connectivity index (χ3v) is 7.55. The smallest absolute Gasteiger partial charge is 0.350 e. The molecular formula is C19H20N4O5S2. The van der Waals surface area contributed by atoms with E-state index in [2.05, 4.69) is 14.7 Å². The number of carbonyl (C=O) groups is 2. The molecule has 0 saturated carbocycles. The Balaban J connectivity index is 1.41. The number of rotatable bonds is 3. The Hall–Kier alpha value is -2.79. The fourth-order valence-electron chi connectivity index (χ4n) is 3.61. The van der Waals surface area contributed by atoms with Crippen molar-refractivity contribution in [1.82, 2.24) is 9.88 Å². The lowest BCUT2D eigenvalue weighted by atomic mass is 9.95. The van der Waals surface area contributed by atoms with E-state index < -0.39 is 16.0 Å². The fraction of sp³-hybridized carbons (Fsp3) is 0.368. The van der Waals surface area contributed by atoms with Crippen molar-refractivity contribution in [2.24, 2.45) is 10.3 Å². The SMILES string of the molecule is COC(=O)c1sc(NC(=O)C2CCN(C3=NS(=O)(=O)c4ccccc43)CC2)nc1C. The molecule has 11 heteroatoms. The Morgan fingerprint density at radius 3 is 2.63 bits per heavy atom. The van der Waals surface area contributed by atoms with Gasteiger partial charge in [-0.15, -0.1) is 4.40 Å². The molecule has 3 heterocycles. The van der Waals surface area contributed by atoms with E-state index in [1.807, 2.05) is 4.90 Å². The number of amides is 1. The molecule has 0 spiro atoms. The Morgan fingerprint density at radius 1 is 1.23 bits per heavy atom. The van der Waals surface area contributed by atoms with Crippen LogP contribution in [0.1, 0.15) is 33.8 Å². The minimum absolute atomic E-state index is 0.166. The maximum atomic E-state index is 12.7. The topological polar surface area (TPSA) is 118 Å². The summed E-state index contributed by atoms with van der Waals surface area (Å²) in [7, 11) is -2.37. The zero-order valence-electron chi connectivity index (χ0n) is 16.4. The summed E-state index contributed by atoms with van der Waals surface area (Å²) in [5.41, 5.74) is 1.12. The van der Waals surface area contributed by atoms with Crippen LogP contribution in [0.5, 0.6) is 0 Å². The highest BCUT2D eigenvalue weighted by Crippen LogP contribution is 2.30. The number of benzene rings is 1. The lowest BCUT2D eigenvalue weighted by molar-refractivity contribution is -0.120. The highest BCUT2D eigenvalue weighted by molar-refractivity contribution is 7.90. The van der Waals surface area contributed by atoms with Gasteiger partial charge in [0.25, 0.3) is 10.0 Å². The minimum atomic E-state index is -3.66. The van der Waals surface area contributed by atoms with Gasteiger partial charge < -0.3 is 15.0 Å². The number of methoxy groups -OCH3 is 1. The molecule has 4 rings (SSSR count). The second kappa shape index (κ2) is 7.80. The number of anilines is 1. The predicted octanol–water partition coefficient (Wildman–Crippen LogP) is 2.04. The summed E-state index contributed by atoms with van der Waals surface area (Å²) in [6, 6.07) is 6.77. The summed E-state index contributed by atoms with van der Waals surface area (Å²) < 4.78 is 33.2. The first-order valence-corrected chi connectivity index (χ1v) is 11.6. The van der Waals surface area contributed by atoms with Crippen LogP contribution >= 0.6 is 11.3 Å². The number of thiazole rings is 1. The molecule has 0 unspecified atom stereocenters. The zero-order valence-corrected chi connectivity index (χ0v) is 18.0. The van der Waals surface area contributed by atoms with Crippen LogP contribution in [-0.2, 0) is 19.6 Å². The molecule has 0 bridgehead atoms. The highest BCUT2D eigenvalue weighted by atomic mass is 32.2. The molecule has 158 valence electrons. The van der Waals surface area contributed by atoms with Crippen LogP contribution in [0.2, 0.25) is 0 Å². The second-order valence-electron chi connectivity index (χ2n) is 7.06. The summed E-state index contributed by atoms with van der Waals surface area (Å²) in [5.74, 6) is -0.434. The number of nitrogens with zero attached hydrogens (tertiary/aromatic N) is 3. The Morgan fingerprint density at radius 2 is 1.93 bits per heavy atom. The lowest BCUT2D eigenvalue weighted by Crippen LogP contribution is -2.41. The largest absolute Gasteiger partial charge is 0.465 e. The van der Waals surface area contributed by atoms with E-state index in [4.69, 9.17) is 4.74 Å². The number of likely N-dealkylation sites (tertiary alicyclic amines) is 1. The Labute approximate surface area is 177 Å². The summed E-state index contributed by atoms with van der Waals surface area (Å²) >= 11 is 1.08. The van der Waals surface area contributed by atoms with E-state index in [0.717, 1.165) is 11.3 Å². The number of nitrogens with one attached hydrogen (secondary N) is 1. The third-order valence-electron chi connectivity index (χ3n) is 5.18. The van der Waals surface area contributed by atoms with E-state index in [0.29, 0.717) is 53.0 Å². The molecule has 2 aliphatic heterocycles. The highest BCUT2D eigenvalue weighted by Gasteiger charge is 2.34. The fourth-order valence-corrected chi connectivity index (χ4v) is 5.72. The van der Waals surface area contributed by atoms with E-state index in [1.54, 1.807) is 31.2 Å². The monoisotopic (exact) mass is 448 g/mol. The molecule has 1 aromatic carbocycles. The van der Waals surface area contributed by atoms with Crippen LogP contribution in [0.4, 0.5) is 5.13 Å². The zero-order chi connectivity index (χ0) is 21.5. The molecule has 30 heavy (non-hydrogen) atoms. The summed E-state index contributed by atoms with van der Waals surface area (Å²) in [5, 5.41) is 3.14. The summed E-state index contributed by atoms with van der Waals surface area (Å²) in [6.45, 7) is 2.72. The molecule has 9 nitrogen and oxygen atoms in total. The van der Waals surface area contributed by atoms with Crippen molar-refractivity contribution < 1.29 is 22.7 Å². The Kier molecular flexibility index (Phi) is 5.33. The first-order chi connectivity index (χ1) is 14.3. The number of esters is 1. The normalized spacial score (nSPS) is 17.9. The average molecular weight is 449 g/mol. The molecule has 0 aliphatic carbocycles. The number of fused-ring (bicyclic) bond motifs is 1. The molecule has 1 aromatic heterocycles. The van der Waals surface area contributed by atoms with Gasteiger partial charge in [0.15, 0.2) is 11.0 Å². The van der Waals surface area contributed by atoms with Gasteiger partial charge in [0.2, 0.25) is 5.91 Å². The van der Waals surface area contributed by atoms with Crippen LogP contribution in [0.15, 0.2) is 33.6 Å². The van der Waals surface area contributed by atoms with Gasteiger partial charge in [-0.05, 0) is 31.9 Å². The van der Waals surface area contributed by atoms with E-state index in [1.165, 1.54) is 7.11 Å². The number of amidine groups is 1. The van der Waals surface area contributed by atoms with Gasteiger partial charge in [-0.2, -0.15) is 8.42 Å². The van der Waals surface area contributed by atoms with Crippen molar-refractivity contribution in [2.75, 3.05) is 25.5 Å². The van der Waals surface area contributed by atoms with Gasteiger partial charge >= 0.3 is 5.97 Å². The van der Waals surface area contributed by atoms with Gasteiger partial charge in [0.1, 0.15) is 9.77 Å². The average Bonchev–Trinajstić information content (AvgIpc) is 3.24. The first kappa shape index (κ1) is 20.5. The van der Waals surface area contributed by atoms with E-state index >= 15 is 0 Å². The van der Waals surface area contributed by atoms with Crippen molar-refractivity contribution in [2.45, 2.75) is 24.7 Å². The van der Waals surface area contributed by atoms with Crippen molar-refractivity contribution in [3.8, 4) is 0 Å². The molecule has 1 fully saturated rings. The van der Waals surface area contributed by atoms with Crippen molar-refractivity contribution >= 4 is 44.2 Å². The minimum Gasteiger partial charge on any atom is -0.465 e. The van der Waals surface area contributed by atoms with E-state index in [-0.39, 0.29) is 16.7 Å². The summed E-state index contributed by atoms with van der Waals surface area (Å²) in [6.07, 6.45) is 1.11. The number of aryl methyl sites for hydroxylation is 1. The number of carbonyl (C=O) groups excluding carboxylic acids is 2. The number of aromatic nitrogens is 1. The van der Waals surface area contributed by atoms with Gasteiger partial charge in [-0.25, -0.2) is 9.78 Å². The number of piperidine rings is 1. The molecule has 0 atom stereocenters. The van der Waals surface area contributed by atoms with Gasteiger partial charge in [0, 0.05) is 24.6 Å². The molecule has 1 saturated heterocycles. The van der Waals surface area contributed by atoms with Gasteiger partial charge in [-0.1, -0.05) is 23.5 Å². The molecule has 2 aromatic rings. The molecule has 1 amide bonds. The van der Waals surface area contributed by atoms with Crippen molar-refractivity contribution in [3.05, 3.63) is 40.4 Å². The number of hydrogen-bond acceptors (Lipinski definition) is 8. The quantitative estimate of drug-likeness (QED) is 0.714. The maximum absolute atomic E-state index is 12.7. The molecule has 1 N–H and O–H groups in total. The molecule has 0 radical (unpaired) electrons. The molecular weight excluding hydrogens is 428 g/mol. The van der Waals surface area contributed by atoms with Crippen LogP contribution < -0.4 is 5.32 Å². The lowest BCUT2D eigenvalue weighted by Gasteiger charge is -2.32. The number of hydrogen-bond donors (Lipinski definition) is 1. The van der Waals surface area contributed by atoms with Crippen molar-refractivity contribution in [1.29, 1.82) is 0 Å². The van der Waals surface area contributed by atoms with Crippen LogP contribution in [0.3, 0.4) is 0 Å². The Bertz CT molecular complexity index is 1150. The van der Waals surface area contributed by atoms with Gasteiger partial charge in [0.05, 0.1) is 12.8 Å². The summed E-state index contributed by atoms with van der Waals surface area (Å²) in [4.78, 5) is 31.1. The first-order valence-electron chi connectivity index (χ1n) is 9.36. The van der Waals surface area contributed by atoms with Gasteiger partial charge in [-0.3, -0.25) is 4.79 Å². The van der Waals surface area contributed by atoms with Crippen LogP contribution in [-0.4, -0.2) is 56.2 Å². The second-order valence-corrected chi connectivity index (χ2v) is 9.63. The van der Waals surface area contributed by atoms with E-state index in [9.17, 15) is 18.0 Å². The number of sulfonamides is 1. The third kappa shape index (κ3) is 3.70. The van der Waals surface area contributed by atoms with Crippen LogP contribution in [0.25, 0.3) is 0 Å². The standard InChI is InChI=1S/C19H20N4O5S2/c1-11-15(18(25)28-2)29-19(20-11)21-17(24)12-7-9-23(10-8-12)16-13-5-3-4-6-14(13)30(26,27)22-16/h3-6,12H,7-10H2,1-2H3,(H,20,21,24). The number of ether oxygens (including phenoxy) is 1. The van der Waals surface area contributed by atoms with Crippen LogP contribution in [0, 0.1) is 12.8 Å².